The molecule has 3 rings (SSSR count). The topological polar surface area (TPSA) is 168 Å². The van der Waals surface area contributed by atoms with E-state index < -0.39 is 102 Å². The van der Waals surface area contributed by atoms with E-state index in [1.807, 2.05) is 0 Å². The second-order valence-electron chi connectivity index (χ2n) is 9.73. The monoisotopic (exact) mass is 622 g/mol. The van der Waals surface area contributed by atoms with Gasteiger partial charge in [0, 0.05) is 50.4 Å². The zero-order valence-electron chi connectivity index (χ0n) is 22.4. The number of amides is 3. The fraction of sp³-hybridized carbons (Fsp3) is 0.423. The van der Waals surface area contributed by atoms with Crippen LogP contribution in [0.1, 0.15) is 34.8 Å². The molecular formula is C26H29F7N6O4. The second-order valence-corrected chi connectivity index (χ2v) is 9.73. The van der Waals surface area contributed by atoms with E-state index >= 15 is 0 Å². The van der Waals surface area contributed by atoms with Crippen molar-refractivity contribution in [2.45, 2.75) is 43.9 Å². The van der Waals surface area contributed by atoms with Crippen LogP contribution in [0.3, 0.4) is 0 Å². The number of fused-ring (bicyclic) bond motifs is 1. The van der Waals surface area contributed by atoms with Gasteiger partial charge in [0.2, 0.25) is 17.7 Å². The third kappa shape index (κ3) is 7.41. The number of hydrogen-bond donors (Lipinski definition) is 5. The Morgan fingerprint density at radius 1 is 0.907 bits per heavy atom. The van der Waals surface area contributed by atoms with Gasteiger partial charge in [-0.2, -0.15) is 13.2 Å². The lowest BCUT2D eigenvalue weighted by atomic mass is 9.99. The largest absolute Gasteiger partial charge is 0.416 e. The van der Waals surface area contributed by atoms with E-state index in [1.165, 1.54) is 4.90 Å². The Morgan fingerprint density at radius 3 is 1.84 bits per heavy atom. The van der Waals surface area contributed by atoms with Crippen LogP contribution in [0.25, 0.3) is 0 Å². The van der Waals surface area contributed by atoms with Gasteiger partial charge in [-0.15, -0.1) is 0 Å². The van der Waals surface area contributed by atoms with E-state index in [4.69, 9.17) is 17.2 Å². The molecule has 1 heterocycles. The number of halogens is 7. The maximum absolute atomic E-state index is 14.4. The number of carbonyl (C=O) groups is 3. The quantitative estimate of drug-likeness (QED) is 0.140. The Labute approximate surface area is 240 Å². The van der Waals surface area contributed by atoms with Gasteiger partial charge in [-0.1, -0.05) is 12.1 Å². The Morgan fingerprint density at radius 2 is 1.40 bits per heavy atom. The standard InChI is InChI=1S/C26H29F7N6O4/c27-18-14-10-39(11-15(14)19(28)21(30)20(18)29)25(43)22(23(41)12-1-3-13(4-2-12)26(31,32)33)37-24(42)16(36)9-17(40)38(7-5-34)8-6-35/h1-4,16,22-23,41H,5-11,34-36H2,(H,37,42)/t16-,22-,23+/m0/s1. The number of carbonyl (C=O) groups excluding carboxylic acids is 3. The first-order chi connectivity index (χ1) is 20.1. The van der Waals surface area contributed by atoms with Crippen LogP contribution in [0, 0.1) is 23.3 Å². The molecule has 8 N–H and O–H groups in total. The van der Waals surface area contributed by atoms with Gasteiger partial charge in [-0.3, -0.25) is 14.4 Å². The fourth-order valence-corrected chi connectivity index (χ4v) is 4.52. The van der Waals surface area contributed by atoms with Crippen LogP contribution in [0.2, 0.25) is 0 Å². The molecule has 17 heteroatoms. The first-order valence-electron chi connectivity index (χ1n) is 12.8. The lowest BCUT2D eigenvalue weighted by Gasteiger charge is -2.29. The van der Waals surface area contributed by atoms with Crippen LogP contribution < -0.4 is 22.5 Å². The number of benzene rings is 2. The minimum atomic E-state index is -4.73. The molecule has 0 radical (unpaired) electrons. The van der Waals surface area contributed by atoms with Gasteiger partial charge in [-0.05, 0) is 17.7 Å². The number of aliphatic hydroxyl groups excluding tert-OH is 1. The minimum absolute atomic E-state index is 0.0796. The Balaban J connectivity index is 1.90. The second kappa shape index (κ2) is 13.7. The molecule has 3 amide bonds. The molecule has 1 aliphatic rings. The predicted octanol–water partition coefficient (Wildman–Crippen LogP) is 0.786. The molecular weight excluding hydrogens is 593 g/mol. The molecule has 0 saturated carbocycles. The van der Waals surface area contributed by atoms with Crippen molar-refractivity contribution < 1.29 is 50.2 Å². The third-order valence-electron chi connectivity index (χ3n) is 6.82. The highest BCUT2D eigenvalue weighted by atomic mass is 19.4. The summed E-state index contributed by atoms with van der Waals surface area (Å²) in [6.45, 7) is -1.23. The molecule has 2 aromatic rings. The van der Waals surface area contributed by atoms with Crippen molar-refractivity contribution in [2.24, 2.45) is 17.2 Å². The molecule has 2 aromatic carbocycles. The van der Waals surface area contributed by atoms with Gasteiger partial charge in [0.1, 0.15) is 12.1 Å². The van der Waals surface area contributed by atoms with Gasteiger partial charge in [0.05, 0.1) is 18.0 Å². The highest BCUT2D eigenvalue weighted by Gasteiger charge is 2.40. The summed E-state index contributed by atoms with van der Waals surface area (Å²) in [4.78, 5) is 41.0. The highest BCUT2D eigenvalue weighted by molar-refractivity contribution is 5.93. The number of rotatable bonds is 11. The van der Waals surface area contributed by atoms with Crippen molar-refractivity contribution >= 4 is 17.7 Å². The molecule has 0 unspecified atom stereocenters. The van der Waals surface area contributed by atoms with Crippen LogP contribution >= 0.6 is 0 Å². The molecule has 1 aliphatic heterocycles. The van der Waals surface area contributed by atoms with E-state index in [0.29, 0.717) is 17.0 Å². The van der Waals surface area contributed by atoms with E-state index in [2.05, 4.69) is 5.32 Å². The summed E-state index contributed by atoms with van der Waals surface area (Å²) in [5, 5.41) is 13.1. The van der Waals surface area contributed by atoms with Crippen molar-refractivity contribution in [3.8, 4) is 0 Å². The number of aliphatic hydroxyl groups is 1. The summed E-state index contributed by atoms with van der Waals surface area (Å²) in [6, 6.07) is -0.734. The normalized spacial score (nSPS) is 15.1. The lowest BCUT2D eigenvalue weighted by molar-refractivity contribution is -0.141. The fourth-order valence-electron chi connectivity index (χ4n) is 4.52. The van der Waals surface area contributed by atoms with Crippen LogP contribution in [0.5, 0.6) is 0 Å². The van der Waals surface area contributed by atoms with Crippen molar-refractivity contribution in [1.29, 1.82) is 0 Å². The molecule has 236 valence electrons. The van der Waals surface area contributed by atoms with Gasteiger partial charge in [0.15, 0.2) is 23.3 Å². The van der Waals surface area contributed by atoms with Crippen molar-refractivity contribution in [3.05, 3.63) is 69.8 Å². The summed E-state index contributed by atoms with van der Waals surface area (Å²) in [7, 11) is 0. The van der Waals surface area contributed by atoms with Crippen LogP contribution in [-0.2, 0) is 33.6 Å². The van der Waals surface area contributed by atoms with E-state index in [9.17, 15) is 50.2 Å². The molecule has 3 atom stereocenters. The highest BCUT2D eigenvalue weighted by Crippen LogP contribution is 2.34. The average molecular weight is 623 g/mol. The van der Waals surface area contributed by atoms with Crippen molar-refractivity contribution in [2.75, 3.05) is 26.2 Å². The minimum Gasteiger partial charge on any atom is -0.386 e. The first kappa shape index (κ1) is 33.7. The molecule has 0 fully saturated rings. The molecule has 0 bridgehead atoms. The summed E-state index contributed by atoms with van der Waals surface area (Å²) >= 11 is 0. The lowest BCUT2D eigenvalue weighted by Crippen LogP contribution is -2.55. The zero-order chi connectivity index (χ0) is 32.2. The Hall–Kier alpha value is -3.80. The van der Waals surface area contributed by atoms with Gasteiger partial charge in [0.25, 0.3) is 0 Å². The zero-order valence-corrected chi connectivity index (χ0v) is 22.4. The summed E-state index contributed by atoms with van der Waals surface area (Å²) < 4.78 is 95.4. The summed E-state index contributed by atoms with van der Waals surface area (Å²) in [6.07, 6.45) is -7.36. The van der Waals surface area contributed by atoms with Gasteiger partial charge >= 0.3 is 6.18 Å². The number of nitrogens with two attached hydrogens (primary N) is 3. The van der Waals surface area contributed by atoms with Crippen molar-refractivity contribution in [3.63, 3.8) is 0 Å². The molecule has 0 aliphatic carbocycles. The molecule has 10 nitrogen and oxygen atoms in total. The van der Waals surface area contributed by atoms with E-state index in [1.54, 1.807) is 0 Å². The Kier molecular flexibility index (Phi) is 10.7. The SMILES string of the molecule is NCCN(CCN)C(=O)C[C@H](N)C(=O)N[C@H](C(=O)N1Cc2c(F)c(F)c(F)c(F)c2C1)[C@H](O)c1ccc(C(F)(F)F)cc1. The number of hydrogen-bond acceptors (Lipinski definition) is 7. The molecule has 0 spiro atoms. The number of nitrogens with one attached hydrogen (secondary N) is 1. The van der Waals surface area contributed by atoms with Crippen LogP contribution in [0.4, 0.5) is 30.7 Å². The average Bonchev–Trinajstić information content (AvgIpc) is 3.42. The number of nitrogens with zero attached hydrogens (tertiary/aromatic N) is 2. The van der Waals surface area contributed by atoms with E-state index in [0.717, 1.165) is 12.1 Å². The van der Waals surface area contributed by atoms with Gasteiger partial charge < -0.3 is 37.4 Å². The third-order valence-corrected chi connectivity index (χ3v) is 6.82. The first-order valence-corrected chi connectivity index (χ1v) is 12.8. The van der Waals surface area contributed by atoms with Crippen molar-refractivity contribution in [1.82, 2.24) is 15.1 Å². The van der Waals surface area contributed by atoms with Crippen LogP contribution in [0.15, 0.2) is 24.3 Å². The molecule has 0 aromatic heterocycles. The van der Waals surface area contributed by atoms with E-state index in [-0.39, 0.29) is 31.7 Å². The van der Waals surface area contributed by atoms with Crippen LogP contribution in [-0.4, -0.2) is 70.9 Å². The number of alkyl halides is 3. The predicted molar refractivity (Wildman–Crippen MR) is 136 cm³/mol. The molecule has 43 heavy (non-hydrogen) atoms. The summed E-state index contributed by atoms with van der Waals surface area (Å²) in [5.41, 5.74) is 14.1. The smallest absolute Gasteiger partial charge is 0.386 e. The summed E-state index contributed by atoms with van der Waals surface area (Å²) in [5.74, 6) is -10.7. The molecule has 0 saturated heterocycles. The maximum Gasteiger partial charge on any atom is 0.416 e. The van der Waals surface area contributed by atoms with Gasteiger partial charge in [-0.25, -0.2) is 17.6 Å². The Bertz CT molecular complexity index is 1320. The maximum atomic E-state index is 14.4.